The van der Waals surface area contributed by atoms with Gasteiger partial charge in [0.05, 0.1) is 38.3 Å². The second-order valence-corrected chi connectivity index (χ2v) is 16.9. The van der Waals surface area contributed by atoms with Crippen LogP contribution in [0.1, 0.15) is 140 Å². The molecule has 4 bridgehead atoms. The van der Waals surface area contributed by atoms with Crippen LogP contribution in [0, 0.1) is 13.8 Å². The van der Waals surface area contributed by atoms with E-state index in [-0.39, 0.29) is 42.6 Å². The number of hydrogen-bond donors (Lipinski definition) is 0. The Bertz CT molecular complexity index is 1680. The van der Waals surface area contributed by atoms with E-state index >= 15 is 0 Å². The van der Waals surface area contributed by atoms with Crippen molar-refractivity contribution in [2.24, 2.45) is 0 Å². The number of rotatable bonds is 18. The van der Waals surface area contributed by atoms with Crippen LogP contribution in [0.3, 0.4) is 0 Å². The van der Waals surface area contributed by atoms with E-state index in [1.54, 1.807) is 13.8 Å². The minimum absolute atomic E-state index is 0. The maximum Gasteiger partial charge on any atom is 1.00 e. The van der Waals surface area contributed by atoms with E-state index in [9.17, 15) is 35.5 Å². The summed E-state index contributed by atoms with van der Waals surface area (Å²) in [6.45, 7) is 18.8. The van der Waals surface area contributed by atoms with Crippen molar-refractivity contribution in [2.75, 3.05) is 39.3 Å². The average Bonchev–Trinajstić information content (AvgIpc) is 3.91. The van der Waals surface area contributed by atoms with Gasteiger partial charge in [0, 0.05) is 26.9 Å². The molecule has 24 heteroatoms. The number of hydrogen-bond acceptors (Lipinski definition) is 16. The predicted octanol–water partition coefficient (Wildman–Crippen LogP) is 1.43. The number of hydroxylamine groups is 4. The Morgan fingerprint density at radius 2 is 0.948 bits per heavy atom. The molecule has 4 atom stereocenters. The number of urea groups is 2. The van der Waals surface area contributed by atoms with E-state index in [2.05, 4.69) is 56.7 Å². The van der Waals surface area contributed by atoms with E-state index in [0.29, 0.717) is 59.4 Å². The molecule has 0 radical (unpaired) electrons. The van der Waals surface area contributed by atoms with Crippen molar-refractivity contribution in [2.45, 2.75) is 143 Å². The molecule has 2 aromatic heterocycles. The third kappa shape index (κ3) is 13.8. The summed E-state index contributed by atoms with van der Waals surface area (Å²) in [6.07, 6.45) is 13.1. The van der Waals surface area contributed by atoms with E-state index < -0.39 is 57.0 Å². The predicted molar refractivity (Wildman–Crippen MR) is 198 cm³/mol. The normalized spacial score (nSPS) is 21.7. The van der Waals surface area contributed by atoms with Gasteiger partial charge in [-0.05, 0) is 51.4 Å². The maximum absolute atomic E-state index is 12.1. The van der Waals surface area contributed by atoms with Gasteiger partial charge in [0.25, 0.3) is 0 Å². The molecule has 0 aromatic carbocycles. The van der Waals surface area contributed by atoms with Crippen LogP contribution in [-0.2, 0) is 29.4 Å². The van der Waals surface area contributed by atoms with Gasteiger partial charge in [-0.1, -0.05) is 53.4 Å². The van der Waals surface area contributed by atoms with Gasteiger partial charge in [-0.15, -0.1) is 20.4 Å². The number of carbonyl (C=O) groups excluding carboxylic acids is 2. The van der Waals surface area contributed by atoms with Gasteiger partial charge >= 0.3 is 41.6 Å². The molecule has 21 nitrogen and oxygen atoms in total. The van der Waals surface area contributed by atoms with Crippen LogP contribution in [0.25, 0.3) is 0 Å². The molecule has 0 unspecified atom stereocenters. The number of carbonyl (C=O) groups is 2. The molecule has 4 aliphatic rings. The Balaban J connectivity index is 0.000000232. The standard InChI is InChI=1S/C16H36N.2C9H12N4O6S.Na/c1-5-9-13-17(14-10-6-2,15-11-7-3)16-12-8-4;2*1-5-10-11-8(18-5)7-3-2-6-4-12(7)9(14)13(6)19-20(15,16)17;/h5-16H2,1-4H3;2*6-7H,2-4H2,1H3,(H,15,16,17);/q+1;;;+1/p-2/t;2*6-,7+;/m.11./s1. The first-order valence-corrected chi connectivity index (χ1v) is 22.6. The van der Waals surface area contributed by atoms with Gasteiger partial charge in [0.1, 0.15) is 12.1 Å². The molecule has 0 saturated carbocycles. The zero-order valence-electron chi connectivity index (χ0n) is 34.8. The van der Waals surface area contributed by atoms with Crippen LogP contribution >= 0.6 is 0 Å². The number of unbranched alkanes of at least 4 members (excludes halogenated alkanes) is 4. The van der Waals surface area contributed by atoms with Gasteiger partial charge < -0.3 is 32.2 Å². The second-order valence-electron chi connectivity index (χ2n) is 14.9. The number of nitrogens with zero attached hydrogens (tertiary/aromatic N) is 9. The van der Waals surface area contributed by atoms with Crippen molar-refractivity contribution in [1.29, 1.82) is 0 Å². The summed E-state index contributed by atoms with van der Waals surface area (Å²) in [6, 6.07) is -3.16. The van der Waals surface area contributed by atoms with Crippen LogP contribution in [0.4, 0.5) is 9.59 Å². The molecule has 0 N–H and O–H groups in total. The SMILES string of the molecule is CCCC[N+](CCCC)(CCCC)CCCC.Cc1nnc([C@@H]2CC[C@@H]3CN2C(=O)N3OS(=O)(=O)[O-])o1.Cc1nnc([C@@H]2CC[C@@H]3CN2C(=O)N3OS(=O)(=O)[O-])o1.[Na+]. The summed E-state index contributed by atoms with van der Waals surface area (Å²) in [5.74, 6) is 1.34. The Kier molecular flexibility index (Phi) is 19.3. The fourth-order valence-corrected chi connectivity index (χ4v) is 8.47. The summed E-state index contributed by atoms with van der Waals surface area (Å²) >= 11 is 0. The number of fused-ring (bicyclic) bond motifs is 4. The first kappa shape index (κ1) is 49.9. The summed E-state index contributed by atoms with van der Waals surface area (Å²) in [5, 5.41) is 16.4. The van der Waals surface area contributed by atoms with E-state index in [1.165, 1.54) is 91.8 Å². The van der Waals surface area contributed by atoms with Crippen LogP contribution in [0.15, 0.2) is 8.83 Å². The minimum Gasteiger partial charge on any atom is -0.724 e. The number of amides is 4. The molecule has 4 aliphatic heterocycles. The molecule has 6 rings (SSSR count). The summed E-state index contributed by atoms with van der Waals surface area (Å²) in [4.78, 5) is 26.9. The molecule has 2 aromatic rings. The van der Waals surface area contributed by atoms with Crippen molar-refractivity contribution in [3.63, 3.8) is 0 Å². The van der Waals surface area contributed by atoms with Crippen LogP contribution < -0.4 is 29.6 Å². The first-order chi connectivity index (χ1) is 26.9. The molecule has 0 aliphatic carbocycles. The van der Waals surface area contributed by atoms with Crippen LogP contribution in [0.2, 0.25) is 0 Å². The molecule has 6 heterocycles. The van der Waals surface area contributed by atoms with Crippen molar-refractivity contribution in [3.8, 4) is 0 Å². The van der Waals surface area contributed by atoms with Crippen LogP contribution in [-0.4, -0.2) is 134 Å². The quantitative estimate of drug-likeness (QED) is 0.0888. The van der Waals surface area contributed by atoms with Gasteiger partial charge in [-0.25, -0.2) is 26.4 Å². The molecular formula is C34H58N9NaO12S2. The van der Waals surface area contributed by atoms with E-state index in [1.807, 2.05) is 0 Å². The largest absolute Gasteiger partial charge is 1.00 e. The number of piperidine rings is 2. The number of aryl methyl sites for hydroxylation is 2. The average molecular weight is 872 g/mol. The third-order valence-corrected chi connectivity index (χ3v) is 11.3. The molecule has 4 saturated heterocycles. The second kappa shape index (κ2) is 22.4. The molecule has 58 heavy (non-hydrogen) atoms. The number of aromatic nitrogens is 4. The third-order valence-electron chi connectivity index (χ3n) is 10.6. The van der Waals surface area contributed by atoms with Crippen LogP contribution in [0.5, 0.6) is 0 Å². The minimum atomic E-state index is -4.98. The van der Waals surface area contributed by atoms with Gasteiger partial charge in [0.15, 0.2) is 0 Å². The zero-order valence-corrected chi connectivity index (χ0v) is 38.4. The smallest absolute Gasteiger partial charge is 0.724 e. The summed E-state index contributed by atoms with van der Waals surface area (Å²) in [7, 11) is -9.96. The van der Waals surface area contributed by atoms with Crippen molar-refractivity contribution >= 4 is 32.9 Å². The Labute approximate surface area is 363 Å². The first-order valence-electron chi connectivity index (χ1n) is 19.9. The Hall–Kier alpha value is -2.48. The van der Waals surface area contributed by atoms with Crippen molar-refractivity contribution in [3.05, 3.63) is 23.6 Å². The summed E-state index contributed by atoms with van der Waals surface area (Å²) < 4.78 is 84.3. The summed E-state index contributed by atoms with van der Waals surface area (Å²) in [5.41, 5.74) is 0. The Morgan fingerprint density at radius 1 is 0.621 bits per heavy atom. The molecule has 0 spiro atoms. The number of quaternary nitrogens is 1. The molecule has 324 valence electrons. The molecular weight excluding hydrogens is 814 g/mol. The topological polar surface area (TPSA) is 258 Å². The monoisotopic (exact) mass is 871 g/mol. The van der Waals surface area contributed by atoms with E-state index in [4.69, 9.17) is 8.83 Å². The fourth-order valence-electron chi connectivity index (χ4n) is 7.71. The maximum atomic E-state index is 12.1. The Morgan fingerprint density at radius 3 is 1.21 bits per heavy atom. The fraction of sp³-hybridized carbons (Fsp3) is 0.824. The van der Waals surface area contributed by atoms with Gasteiger partial charge in [-0.3, -0.25) is 0 Å². The van der Waals surface area contributed by atoms with Crippen molar-refractivity contribution in [1.82, 2.24) is 40.3 Å². The van der Waals surface area contributed by atoms with Crippen molar-refractivity contribution < 1.29 is 87.0 Å². The van der Waals surface area contributed by atoms with E-state index in [0.717, 1.165) is 0 Å². The molecule has 4 amide bonds. The molecule has 4 fully saturated rings. The van der Waals surface area contributed by atoms with Gasteiger partial charge in [0.2, 0.25) is 44.4 Å². The van der Waals surface area contributed by atoms with Gasteiger partial charge in [-0.2, -0.15) is 18.7 Å². The zero-order chi connectivity index (χ0) is 42.0.